The lowest BCUT2D eigenvalue weighted by molar-refractivity contribution is -0.545. The van der Waals surface area contributed by atoms with Crippen molar-refractivity contribution in [1.29, 1.82) is 0 Å². The largest absolute Gasteiger partial charge is 1.00 e. The highest BCUT2D eigenvalue weighted by atomic mass is 35.5. The van der Waals surface area contributed by atoms with Crippen molar-refractivity contribution in [3.05, 3.63) is 118 Å². The summed E-state index contributed by atoms with van der Waals surface area (Å²) in [5.41, 5.74) is 3.92. The van der Waals surface area contributed by atoms with Crippen LogP contribution in [0.1, 0.15) is 5.56 Å². The third-order valence-corrected chi connectivity index (χ3v) is 8.20. The molecule has 0 aliphatic carbocycles. The highest BCUT2D eigenvalue weighted by molar-refractivity contribution is 7.91. The van der Waals surface area contributed by atoms with E-state index in [1.165, 1.54) is 0 Å². The van der Waals surface area contributed by atoms with Crippen LogP contribution in [0.2, 0.25) is 15.1 Å². The molecule has 0 amide bonds. The van der Waals surface area contributed by atoms with Crippen LogP contribution < -0.4 is 28.1 Å². The van der Waals surface area contributed by atoms with Crippen LogP contribution in [-0.4, -0.2) is 14.3 Å². The van der Waals surface area contributed by atoms with E-state index in [9.17, 15) is 8.42 Å². The predicted molar refractivity (Wildman–Crippen MR) is 140 cm³/mol. The van der Waals surface area contributed by atoms with E-state index in [4.69, 9.17) is 39.9 Å². The van der Waals surface area contributed by atoms with Crippen molar-refractivity contribution < 1.29 is 26.3 Å². The molecule has 0 atom stereocenters. The fraction of sp³-hybridized carbons (Fsp3) is 0. The molecule has 36 heavy (non-hydrogen) atoms. The van der Waals surface area contributed by atoms with Crippen LogP contribution in [0.15, 0.2) is 112 Å². The summed E-state index contributed by atoms with van der Waals surface area (Å²) >= 11 is 18.9. The molecule has 0 spiro atoms. The second-order valence-corrected chi connectivity index (χ2v) is 10.8. The van der Waals surface area contributed by atoms with Crippen molar-refractivity contribution in [1.82, 2.24) is 0 Å². The highest BCUT2D eigenvalue weighted by Crippen LogP contribution is 2.36. The van der Waals surface area contributed by atoms with Crippen molar-refractivity contribution in [2.24, 2.45) is 5.10 Å². The van der Waals surface area contributed by atoms with E-state index in [1.807, 2.05) is 35.8 Å². The Morgan fingerprint density at radius 2 is 1.25 bits per heavy atom. The Bertz CT molecular complexity index is 1520. The Kier molecular flexibility index (Phi) is 7.80. The standard InChI is InChI=1S/C25H17Cl3N4O2S.ClH/c26-21-15-23(28)24(16-22(21)27)32-30-25(17-7-3-1-4-8-17)29-31(32)18-11-13-20(14-12-18)35(33,34)19-9-5-2-6-10-19;/h1-16H,(H,29,30);1H. The zero-order valence-corrected chi connectivity index (χ0v) is 22.2. The minimum Gasteiger partial charge on any atom is -1.00 e. The van der Waals surface area contributed by atoms with Crippen LogP contribution in [-0.2, 0) is 9.84 Å². The molecule has 184 valence electrons. The minimum absolute atomic E-state index is 0. The lowest BCUT2D eigenvalue weighted by Gasteiger charge is -2.25. The van der Waals surface area contributed by atoms with Gasteiger partial charge in [0.1, 0.15) is 5.69 Å². The summed E-state index contributed by atoms with van der Waals surface area (Å²) in [5.74, 6) is 0.689. The molecule has 5 rings (SSSR count). The molecular weight excluding hydrogens is 562 g/mol. The smallest absolute Gasteiger partial charge is 0.277 e. The summed E-state index contributed by atoms with van der Waals surface area (Å²) in [7, 11) is -3.64. The molecule has 0 aromatic heterocycles. The lowest BCUT2D eigenvalue weighted by Crippen LogP contribution is -3.00. The molecule has 0 fully saturated rings. The molecular formula is C25H18Cl4N4O2S. The molecule has 0 bridgehead atoms. The van der Waals surface area contributed by atoms with Crippen LogP contribution in [0.25, 0.3) is 0 Å². The van der Waals surface area contributed by atoms with Gasteiger partial charge in [-0.05, 0) is 60.7 Å². The second kappa shape index (κ2) is 10.7. The fourth-order valence-electron chi connectivity index (χ4n) is 3.62. The molecule has 0 saturated carbocycles. The van der Waals surface area contributed by atoms with E-state index < -0.39 is 9.84 Å². The molecule has 4 aromatic carbocycles. The molecule has 1 aliphatic rings. The van der Waals surface area contributed by atoms with Gasteiger partial charge in [-0.25, -0.2) is 8.42 Å². The van der Waals surface area contributed by atoms with Crippen molar-refractivity contribution in [3.63, 3.8) is 0 Å². The van der Waals surface area contributed by atoms with Gasteiger partial charge in [0.2, 0.25) is 9.84 Å². The summed E-state index contributed by atoms with van der Waals surface area (Å²) < 4.78 is 26.0. The highest BCUT2D eigenvalue weighted by Gasteiger charge is 2.33. The Morgan fingerprint density at radius 1 is 0.694 bits per heavy atom. The number of hydrogen-bond acceptors (Lipinski definition) is 5. The number of sulfone groups is 1. The normalized spacial score (nSPS) is 13.4. The number of amidine groups is 1. The van der Waals surface area contributed by atoms with E-state index in [-0.39, 0.29) is 22.2 Å². The zero-order chi connectivity index (χ0) is 24.6. The summed E-state index contributed by atoms with van der Waals surface area (Å²) in [6, 6.07) is 27.7. The van der Waals surface area contributed by atoms with Gasteiger partial charge in [0, 0.05) is 0 Å². The summed E-state index contributed by atoms with van der Waals surface area (Å²) in [5, 5.41) is 9.21. The van der Waals surface area contributed by atoms with Crippen molar-refractivity contribution >= 4 is 61.9 Å². The van der Waals surface area contributed by atoms with Crippen molar-refractivity contribution in [2.45, 2.75) is 9.79 Å². The van der Waals surface area contributed by atoms with Crippen molar-refractivity contribution in [2.75, 3.05) is 10.2 Å². The van der Waals surface area contributed by atoms with E-state index in [1.54, 1.807) is 77.0 Å². The number of hydrazine groups is 1. The van der Waals surface area contributed by atoms with E-state index in [0.29, 0.717) is 32.3 Å². The van der Waals surface area contributed by atoms with Gasteiger partial charge in [-0.2, -0.15) is 5.43 Å². The van der Waals surface area contributed by atoms with E-state index in [2.05, 4.69) is 0 Å². The van der Waals surface area contributed by atoms with Crippen LogP contribution in [0.5, 0.6) is 0 Å². The maximum absolute atomic E-state index is 13.0. The molecule has 1 aliphatic heterocycles. The molecule has 0 saturated heterocycles. The molecule has 0 unspecified atom stereocenters. The van der Waals surface area contributed by atoms with Crippen molar-refractivity contribution in [3.8, 4) is 0 Å². The Labute approximate surface area is 230 Å². The van der Waals surface area contributed by atoms with Gasteiger partial charge in [0.15, 0.2) is 0 Å². The first kappa shape index (κ1) is 26.3. The van der Waals surface area contributed by atoms with Gasteiger partial charge in [-0.3, -0.25) is 0 Å². The Hall–Kier alpha value is -2.78. The third-order valence-electron chi connectivity index (χ3n) is 5.39. The molecule has 1 heterocycles. The Morgan fingerprint density at radius 3 is 1.89 bits per heavy atom. The van der Waals surface area contributed by atoms with Gasteiger partial charge in [-0.1, -0.05) is 76.3 Å². The number of nitrogens with zero attached hydrogens (tertiary/aromatic N) is 3. The first-order chi connectivity index (χ1) is 16.8. The maximum Gasteiger partial charge on any atom is 0.277 e. The molecule has 2 N–H and O–H groups in total. The monoisotopic (exact) mass is 578 g/mol. The number of rotatable bonds is 5. The van der Waals surface area contributed by atoms with Crippen LogP contribution >= 0.6 is 34.8 Å². The summed E-state index contributed by atoms with van der Waals surface area (Å²) in [4.78, 5) is 0.415. The van der Waals surface area contributed by atoms with E-state index in [0.717, 1.165) is 5.56 Å². The molecule has 0 radical (unpaired) electrons. The van der Waals surface area contributed by atoms with Crippen LogP contribution in [0.3, 0.4) is 0 Å². The molecule has 4 aromatic rings. The topological polar surface area (TPSA) is 69.6 Å². The first-order valence-corrected chi connectivity index (χ1v) is 13.1. The second-order valence-electron chi connectivity index (χ2n) is 7.64. The van der Waals surface area contributed by atoms with Gasteiger partial charge in [-0.15, -0.1) is 10.2 Å². The first-order valence-electron chi connectivity index (χ1n) is 10.5. The van der Waals surface area contributed by atoms with Crippen LogP contribution in [0, 0.1) is 0 Å². The third kappa shape index (κ3) is 5.04. The van der Waals surface area contributed by atoms with Gasteiger partial charge in [0.05, 0.1) is 36.1 Å². The number of anilines is 2. The lowest BCUT2D eigenvalue weighted by atomic mass is 10.2. The minimum atomic E-state index is -3.64. The predicted octanol–water partition coefficient (Wildman–Crippen LogP) is 2.57. The Balaban J connectivity index is 0.00000304. The number of hydrogen-bond donors (Lipinski definition) is 1. The number of quaternary nitrogens is 1. The average Bonchev–Trinajstić information content (AvgIpc) is 3.32. The van der Waals surface area contributed by atoms with Crippen LogP contribution in [0.4, 0.5) is 11.4 Å². The summed E-state index contributed by atoms with van der Waals surface area (Å²) in [6.45, 7) is 0. The SMILES string of the molecule is O=S(=O)(c1ccccc1)c1ccc(N2N=C(c3ccccc3)[NH2+]N2c2cc(Cl)c(Cl)cc2Cl)cc1.[Cl-]. The van der Waals surface area contributed by atoms with Gasteiger partial charge in [0.25, 0.3) is 5.84 Å². The summed E-state index contributed by atoms with van der Waals surface area (Å²) in [6.07, 6.45) is 0. The zero-order valence-electron chi connectivity index (χ0n) is 18.4. The van der Waals surface area contributed by atoms with E-state index >= 15 is 0 Å². The average molecular weight is 580 g/mol. The maximum atomic E-state index is 13.0. The number of benzene rings is 4. The number of hydrazone groups is 1. The number of halogens is 4. The quantitative estimate of drug-likeness (QED) is 0.291. The molecule has 11 heteroatoms. The molecule has 6 nitrogen and oxygen atoms in total. The number of nitrogens with two attached hydrogens (primary N) is 1. The fourth-order valence-corrected chi connectivity index (χ4v) is 5.53. The van der Waals surface area contributed by atoms with Gasteiger partial charge < -0.3 is 12.4 Å². The van der Waals surface area contributed by atoms with Gasteiger partial charge >= 0.3 is 0 Å².